The molecule has 0 saturated carbocycles. The summed E-state index contributed by atoms with van der Waals surface area (Å²) in [5, 5.41) is 0.822. The van der Waals surface area contributed by atoms with Gasteiger partial charge >= 0.3 is 0 Å². The van der Waals surface area contributed by atoms with E-state index in [1.54, 1.807) is 0 Å². The Kier molecular flexibility index (Phi) is 7.59. The molecule has 7 heteroatoms. The zero-order chi connectivity index (χ0) is 24.2. The maximum absolute atomic E-state index is 13.5. The number of aryl methyl sites for hydroxylation is 3. The molecule has 0 spiro atoms. The summed E-state index contributed by atoms with van der Waals surface area (Å²) < 4.78 is 0. The Morgan fingerprint density at radius 1 is 1.03 bits per heavy atom. The van der Waals surface area contributed by atoms with Crippen LogP contribution >= 0.6 is 11.6 Å². The predicted molar refractivity (Wildman–Crippen MR) is 140 cm³/mol. The Morgan fingerprint density at radius 3 is 2.44 bits per heavy atom. The first kappa shape index (κ1) is 24.3. The number of nitrogens with one attached hydrogen (secondary N) is 1. The molecule has 34 heavy (non-hydrogen) atoms. The van der Waals surface area contributed by atoms with Crippen molar-refractivity contribution in [2.75, 3.05) is 49.1 Å². The minimum absolute atomic E-state index is 0.0441. The van der Waals surface area contributed by atoms with Gasteiger partial charge in [0.1, 0.15) is 11.5 Å². The molecule has 2 heterocycles. The Morgan fingerprint density at radius 2 is 1.76 bits per heavy atom. The SMILES string of the molecule is Cc1nc(C(=O)N(CCCN2CCN(c3cccc(Cl)c3C)CC2)c2ccccc2C)c(C)[nH]1. The molecule has 1 amide bonds. The average molecular weight is 480 g/mol. The Labute approximate surface area is 207 Å². The molecule has 0 aliphatic carbocycles. The summed E-state index contributed by atoms with van der Waals surface area (Å²) in [5.41, 5.74) is 5.74. The van der Waals surface area contributed by atoms with Crippen LogP contribution in [-0.2, 0) is 0 Å². The minimum Gasteiger partial charge on any atom is -0.369 e. The first-order valence-electron chi connectivity index (χ1n) is 12.0. The lowest BCUT2D eigenvalue weighted by Crippen LogP contribution is -2.47. The van der Waals surface area contributed by atoms with E-state index in [0.717, 1.165) is 72.5 Å². The van der Waals surface area contributed by atoms with E-state index in [1.807, 2.05) is 49.1 Å². The Bertz CT molecular complexity index is 1150. The number of nitrogens with zero attached hydrogens (tertiary/aromatic N) is 4. The number of aromatic nitrogens is 2. The molecule has 180 valence electrons. The molecule has 3 aromatic rings. The van der Waals surface area contributed by atoms with Crippen LogP contribution in [0.15, 0.2) is 42.5 Å². The monoisotopic (exact) mass is 479 g/mol. The summed E-state index contributed by atoms with van der Waals surface area (Å²) in [5.74, 6) is 0.718. The number of para-hydroxylation sites is 1. The van der Waals surface area contributed by atoms with E-state index < -0.39 is 0 Å². The molecule has 1 saturated heterocycles. The molecule has 1 fully saturated rings. The molecule has 1 aromatic heterocycles. The second kappa shape index (κ2) is 10.6. The first-order chi connectivity index (χ1) is 16.3. The van der Waals surface area contributed by atoms with Crippen LogP contribution < -0.4 is 9.80 Å². The van der Waals surface area contributed by atoms with Crippen molar-refractivity contribution >= 4 is 28.9 Å². The van der Waals surface area contributed by atoms with E-state index >= 15 is 0 Å². The third-order valence-corrected chi connectivity index (χ3v) is 7.07. The number of anilines is 2. The summed E-state index contributed by atoms with van der Waals surface area (Å²) in [7, 11) is 0. The number of halogens is 1. The van der Waals surface area contributed by atoms with E-state index in [1.165, 1.54) is 5.69 Å². The molecule has 1 aliphatic heterocycles. The van der Waals surface area contributed by atoms with E-state index in [9.17, 15) is 4.79 Å². The highest BCUT2D eigenvalue weighted by Gasteiger charge is 2.24. The number of carbonyl (C=O) groups is 1. The molecule has 0 atom stereocenters. The second-order valence-corrected chi connectivity index (χ2v) is 9.51. The largest absolute Gasteiger partial charge is 0.369 e. The van der Waals surface area contributed by atoms with Gasteiger partial charge in [-0.05, 0) is 70.0 Å². The highest BCUT2D eigenvalue weighted by atomic mass is 35.5. The van der Waals surface area contributed by atoms with E-state index in [4.69, 9.17) is 11.6 Å². The van der Waals surface area contributed by atoms with Crippen molar-refractivity contribution in [3.05, 3.63) is 75.8 Å². The normalized spacial score (nSPS) is 14.4. The topological polar surface area (TPSA) is 55.5 Å². The van der Waals surface area contributed by atoms with Crippen LogP contribution in [0, 0.1) is 27.7 Å². The summed E-state index contributed by atoms with van der Waals surface area (Å²) in [6, 6.07) is 14.2. The first-order valence-corrected chi connectivity index (χ1v) is 12.4. The molecule has 0 radical (unpaired) electrons. The summed E-state index contributed by atoms with van der Waals surface area (Å²) in [4.78, 5) is 27.9. The third kappa shape index (κ3) is 5.29. The van der Waals surface area contributed by atoms with Gasteiger partial charge in [-0.3, -0.25) is 9.69 Å². The van der Waals surface area contributed by atoms with Crippen LogP contribution in [0.25, 0.3) is 0 Å². The number of benzene rings is 2. The highest BCUT2D eigenvalue weighted by Crippen LogP contribution is 2.27. The second-order valence-electron chi connectivity index (χ2n) is 9.11. The van der Waals surface area contributed by atoms with Gasteiger partial charge in [0, 0.05) is 54.8 Å². The Balaban J connectivity index is 1.39. The summed E-state index contributed by atoms with van der Waals surface area (Å²) in [6.07, 6.45) is 0.902. The van der Waals surface area contributed by atoms with Gasteiger partial charge in [0.25, 0.3) is 5.91 Å². The average Bonchev–Trinajstić information content (AvgIpc) is 3.17. The lowest BCUT2D eigenvalue weighted by molar-refractivity contribution is 0.0980. The van der Waals surface area contributed by atoms with Gasteiger partial charge in [0.05, 0.1) is 0 Å². The van der Waals surface area contributed by atoms with Gasteiger partial charge in [-0.25, -0.2) is 4.98 Å². The zero-order valence-electron chi connectivity index (χ0n) is 20.6. The van der Waals surface area contributed by atoms with Crippen molar-refractivity contribution in [1.29, 1.82) is 0 Å². The van der Waals surface area contributed by atoms with Gasteiger partial charge < -0.3 is 14.8 Å². The minimum atomic E-state index is -0.0441. The number of H-pyrrole nitrogens is 1. The van der Waals surface area contributed by atoms with Crippen molar-refractivity contribution in [3.63, 3.8) is 0 Å². The lowest BCUT2D eigenvalue weighted by atomic mass is 10.1. The fourth-order valence-electron chi connectivity index (χ4n) is 4.75. The number of amides is 1. The number of hydrogen-bond donors (Lipinski definition) is 1. The van der Waals surface area contributed by atoms with Gasteiger partial charge in [-0.2, -0.15) is 0 Å². The smallest absolute Gasteiger partial charge is 0.278 e. The predicted octanol–water partition coefficient (Wildman–Crippen LogP) is 5.16. The van der Waals surface area contributed by atoms with Crippen LogP contribution in [0.4, 0.5) is 11.4 Å². The number of imidazole rings is 1. The van der Waals surface area contributed by atoms with Gasteiger partial charge in [0.15, 0.2) is 0 Å². The quantitative estimate of drug-likeness (QED) is 0.508. The van der Waals surface area contributed by atoms with Crippen LogP contribution in [0.1, 0.15) is 39.6 Å². The van der Waals surface area contributed by atoms with E-state index in [-0.39, 0.29) is 5.91 Å². The lowest BCUT2D eigenvalue weighted by Gasteiger charge is -2.37. The number of rotatable bonds is 7. The van der Waals surface area contributed by atoms with E-state index in [2.05, 4.69) is 45.7 Å². The van der Waals surface area contributed by atoms with Gasteiger partial charge in [-0.1, -0.05) is 35.9 Å². The maximum atomic E-state index is 13.5. The third-order valence-electron chi connectivity index (χ3n) is 6.67. The van der Waals surface area contributed by atoms with Gasteiger partial charge in [0.2, 0.25) is 0 Å². The molecule has 4 rings (SSSR count). The molecule has 6 nitrogen and oxygen atoms in total. The van der Waals surface area contributed by atoms with Crippen molar-refractivity contribution in [1.82, 2.24) is 14.9 Å². The maximum Gasteiger partial charge on any atom is 0.278 e. The fourth-order valence-corrected chi connectivity index (χ4v) is 4.92. The number of aromatic amines is 1. The fraction of sp³-hybridized carbons (Fsp3) is 0.407. The number of hydrogen-bond acceptors (Lipinski definition) is 4. The van der Waals surface area contributed by atoms with Crippen molar-refractivity contribution in [3.8, 4) is 0 Å². The molecule has 2 aromatic carbocycles. The number of piperazine rings is 1. The standard InChI is InChI=1S/C27H34ClN5O/c1-19-9-5-6-11-24(19)33(27(34)26-21(3)29-22(4)30-26)14-8-13-31-15-17-32(18-16-31)25-12-7-10-23(28)20(25)2/h5-7,9-12H,8,13-18H2,1-4H3,(H,29,30). The summed E-state index contributed by atoms with van der Waals surface area (Å²) >= 11 is 6.33. The van der Waals surface area contributed by atoms with Gasteiger partial charge in [-0.15, -0.1) is 0 Å². The van der Waals surface area contributed by atoms with Crippen LogP contribution in [0.3, 0.4) is 0 Å². The summed E-state index contributed by atoms with van der Waals surface area (Å²) in [6.45, 7) is 13.5. The van der Waals surface area contributed by atoms with Crippen LogP contribution in [0.2, 0.25) is 5.02 Å². The van der Waals surface area contributed by atoms with Crippen molar-refractivity contribution in [2.24, 2.45) is 0 Å². The molecule has 0 bridgehead atoms. The Hall–Kier alpha value is -2.83. The van der Waals surface area contributed by atoms with Crippen LogP contribution in [-0.4, -0.2) is 60.0 Å². The molecule has 1 N–H and O–H groups in total. The van der Waals surface area contributed by atoms with E-state index in [0.29, 0.717) is 12.2 Å². The van der Waals surface area contributed by atoms with Crippen molar-refractivity contribution in [2.45, 2.75) is 34.1 Å². The molecular formula is C27H34ClN5O. The zero-order valence-corrected chi connectivity index (χ0v) is 21.3. The van der Waals surface area contributed by atoms with Crippen molar-refractivity contribution < 1.29 is 4.79 Å². The molecule has 1 aliphatic rings. The highest BCUT2D eigenvalue weighted by molar-refractivity contribution is 6.31. The number of carbonyl (C=O) groups excluding carboxylic acids is 1. The molecule has 0 unspecified atom stereocenters. The molecular weight excluding hydrogens is 446 g/mol. The van der Waals surface area contributed by atoms with Crippen LogP contribution in [0.5, 0.6) is 0 Å².